The van der Waals surface area contributed by atoms with E-state index in [4.69, 9.17) is 11.6 Å². The molecule has 0 saturated carbocycles. The lowest BCUT2D eigenvalue weighted by molar-refractivity contribution is 0.0960. The highest BCUT2D eigenvalue weighted by molar-refractivity contribution is 6.30. The second kappa shape index (κ2) is 6.42. The maximum Gasteiger partial charge on any atom is 0.164 e. The zero-order valence-electron chi connectivity index (χ0n) is 11.9. The van der Waals surface area contributed by atoms with Crippen LogP contribution >= 0.6 is 11.6 Å². The van der Waals surface area contributed by atoms with Gasteiger partial charge >= 0.3 is 0 Å². The lowest BCUT2D eigenvalue weighted by Crippen LogP contribution is -2.32. The molecule has 2 nitrogen and oxygen atoms in total. The highest BCUT2D eigenvalue weighted by Gasteiger charge is 2.16. The number of hydrogen-bond donors (Lipinski definition) is 0. The summed E-state index contributed by atoms with van der Waals surface area (Å²) in [5.74, 6) is 0.186. The molecule has 0 aromatic heterocycles. The number of ketones is 1. The van der Waals surface area contributed by atoms with Crippen LogP contribution in [0.3, 0.4) is 0 Å². The van der Waals surface area contributed by atoms with Crippen molar-refractivity contribution in [3.8, 4) is 0 Å². The topological polar surface area (TPSA) is 20.3 Å². The number of fused-ring (bicyclic) bond motifs is 1. The Morgan fingerprint density at radius 2 is 1.76 bits per heavy atom. The van der Waals surface area contributed by atoms with Gasteiger partial charge in [0.05, 0.1) is 0 Å². The summed E-state index contributed by atoms with van der Waals surface area (Å²) in [4.78, 5) is 14.5. The molecule has 1 aliphatic heterocycles. The van der Waals surface area contributed by atoms with Crippen LogP contribution in [0.25, 0.3) is 0 Å². The van der Waals surface area contributed by atoms with E-state index in [0.717, 1.165) is 31.6 Å². The van der Waals surface area contributed by atoms with E-state index in [1.807, 2.05) is 0 Å². The van der Waals surface area contributed by atoms with Crippen molar-refractivity contribution < 1.29 is 4.79 Å². The molecule has 2 aromatic rings. The number of Topliss-reactive ketones (excluding diaryl/α,β-unsaturated/α-hetero) is 1. The van der Waals surface area contributed by atoms with Crippen LogP contribution in [-0.4, -0.2) is 23.8 Å². The molecule has 2 aromatic carbocycles. The smallest absolute Gasteiger partial charge is 0.164 e. The summed E-state index contributed by atoms with van der Waals surface area (Å²) in [5, 5.41) is 0.666. The van der Waals surface area contributed by atoms with E-state index in [-0.39, 0.29) is 5.78 Å². The maximum absolute atomic E-state index is 12.2. The predicted molar refractivity (Wildman–Crippen MR) is 85.8 cm³/mol. The van der Waals surface area contributed by atoms with Gasteiger partial charge in [-0.2, -0.15) is 0 Å². The number of carbonyl (C=O) groups excluding carboxylic acids is 1. The molecule has 3 heteroatoms. The first-order valence-corrected chi connectivity index (χ1v) is 7.68. The summed E-state index contributed by atoms with van der Waals surface area (Å²) in [5.41, 5.74) is 3.58. The Balaban J connectivity index is 1.56. The van der Waals surface area contributed by atoms with Gasteiger partial charge in [-0.1, -0.05) is 35.9 Å². The first-order valence-electron chi connectivity index (χ1n) is 7.30. The Labute approximate surface area is 130 Å². The van der Waals surface area contributed by atoms with Gasteiger partial charge in [-0.15, -0.1) is 0 Å². The number of nitrogens with zero attached hydrogens (tertiary/aromatic N) is 1. The van der Waals surface area contributed by atoms with Crippen molar-refractivity contribution in [3.05, 3.63) is 70.2 Å². The lowest BCUT2D eigenvalue weighted by atomic mass is 9.99. The minimum absolute atomic E-state index is 0.186. The van der Waals surface area contributed by atoms with E-state index in [1.165, 1.54) is 11.1 Å². The zero-order valence-corrected chi connectivity index (χ0v) is 12.6. The van der Waals surface area contributed by atoms with E-state index < -0.39 is 0 Å². The van der Waals surface area contributed by atoms with Crippen molar-refractivity contribution >= 4 is 17.4 Å². The van der Waals surface area contributed by atoms with E-state index in [0.29, 0.717) is 11.4 Å². The van der Waals surface area contributed by atoms with Crippen LogP contribution in [0.15, 0.2) is 48.5 Å². The first kappa shape index (κ1) is 14.3. The van der Waals surface area contributed by atoms with E-state index in [9.17, 15) is 4.79 Å². The fourth-order valence-electron chi connectivity index (χ4n) is 2.78. The number of hydrogen-bond acceptors (Lipinski definition) is 2. The summed E-state index contributed by atoms with van der Waals surface area (Å²) >= 11 is 5.84. The predicted octanol–water partition coefficient (Wildman–Crippen LogP) is 3.97. The number of carbonyl (C=O) groups is 1. The van der Waals surface area contributed by atoms with Crippen LogP contribution in [0.1, 0.15) is 27.9 Å². The van der Waals surface area contributed by atoms with E-state index >= 15 is 0 Å². The summed E-state index contributed by atoms with van der Waals surface area (Å²) in [7, 11) is 0. The number of halogens is 1. The van der Waals surface area contributed by atoms with Crippen LogP contribution in [-0.2, 0) is 13.0 Å². The van der Waals surface area contributed by atoms with Gasteiger partial charge in [-0.05, 0) is 41.8 Å². The van der Waals surface area contributed by atoms with Crippen LogP contribution < -0.4 is 0 Å². The second-order valence-corrected chi connectivity index (χ2v) is 5.91. The van der Waals surface area contributed by atoms with Crippen molar-refractivity contribution in [2.45, 2.75) is 19.4 Å². The van der Waals surface area contributed by atoms with Crippen LogP contribution in [0.2, 0.25) is 5.02 Å². The Morgan fingerprint density at radius 3 is 2.52 bits per heavy atom. The minimum Gasteiger partial charge on any atom is -0.298 e. The molecule has 0 fully saturated rings. The van der Waals surface area contributed by atoms with Crippen molar-refractivity contribution in [3.63, 3.8) is 0 Å². The van der Waals surface area contributed by atoms with Crippen LogP contribution in [0.5, 0.6) is 0 Å². The Bertz CT molecular complexity index is 636. The summed E-state index contributed by atoms with van der Waals surface area (Å²) < 4.78 is 0. The molecule has 1 aliphatic rings. The van der Waals surface area contributed by atoms with Gasteiger partial charge in [-0.3, -0.25) is 9.69 Å². The van der Waals surface area contributed by atoms with Crippen molar-refractivity contribution in [1.29, 1.82) is 0 Å². The molecule has 0 radical (unpaired) electrons. The summed E-state index contributed by atoms with van der Waals surface area (Å²) in [6.45, 7) is 2.80. The Morgan fingerprint density at radius 1 is 1.05 bits per heavy atom. The van der Waals surface area contributed by atoms with Gasteiger partial charge in [0.25, 0.3) is 0 Å². The third-order valence-corrected chi connectivity index (χ3v) is 4.28. The summed E-state index contributed by atoms with van der Waals surface area (Å²) in [6.07, 6.45) is 1.63. The fraction of sp³-hybridized carbons (Fsp3) is 0.278. The molecule has 0 amide bonds. The Kier molecular flexibility index (Phi) is 4.37. The maximum atomic E-state index is 12.2. The fourth-order valence-corrected chi connectivity index (χ4v) is 2.91. The van der Waals surface area contributed by atoms with Gasteiger partial charge in [0, 0.05) is 36.6 Å². The third-order valence-electron chi connectivity index (χ3n) is 4.03. The number of rotatable bonds is 4. The van der Waals surface area contributed by atoms with Crippen molar-refractivity contribution in [2.75, 3.05) is 13.1 Å². The average Bonchev–Trinajstić information content (AvgIpc) is 2.53. The molecule has 0 aliphatic carbocycles. The van der Waals surface area contributed by atoms with Gasteiger partial charge in [0.2, 0.25) is 0 Å². The quantitative estimate of drug-likeness (QED) is 0.796. The standard InChI is InChI=1S/C18H18ClNO/c19-17-7-5-15(6-8-17)18(21)10-12-20-11-9-14-3-1-2-4-16(14)13-20/h1-8H,9-13H2. The molecule has 0 spiro atoms. The molecule has 0 bridgehead atoms. The first-order chi connectivity index (χ1) is 10.2. The summed E-state index contributed by atoms with van der Waals surface area (Å²) in [6, 6.07) is 15.7. The van der Waals surface area contributed by atoms with Gasteiger partial charge in [0.1, 0.15) is 0 Å². The molecular formula is C18H18ClNO. The molecule has 0 unspecified atom stereocenters. The highest BCUT2D eigenvalue weighted by atomic mass is 35.5. The largest absolute Gasteiger partial charge is 0.298 e. The average molecular weight is 300 g/mol. The van der Waals surface area contributed by atoms with Crippen LogP contribution in [0, 0.1) is 0 Å². The monoisotopic (exact) mass is 299 g/mol. The molecule has 21 heavy (non-hydrogen) atoms. The SMILES string of the molecule is O=C(CCN1CCc2ccccc2C1)c1ccc(Cl)cc1. The second-order valence-electron chi connectivity index (χ2n) is 5.47. The molecule has 0 saturated heterocycles. The molecule has 0 N–H and O–H groups in total. The van der Waals surface area contributed by atoms with Crippen molar-refractivity contribution in [1.82, 2.24) is 4.90 Å². The third kappa shape index (κ3) is 3.52. The zero-order chi connectivity index (χ0) is 14.7. The van der Waals surface area contributed by atoms with E-state index in [1.54, 1.807) is 24.3 Å². The van der Waals surface area contributed by atoms with Gasteiger partial charge in [-0.25, -0.2) is 0 Å². The molecule has 3 rings (SSSR count). The normalized spacial score (nSPS) is 14.7. The van der Waals surface area contributed by atoms with Crippen molar-refractivity contribution in [2.24, 2.45) is 0 Å². The van der Waals surface area contributed by atoms with Gasteiger partial charge in [0.15, 0.2) is 5.78 Å². The Hall–Kier alpha value is -1.64. The van der Waals surface area contributed by atoms with E-state index in [2.05, 4.69) is 29.2 Å². The van der Waals surface area contributed by atoms with Gasteiger partial charge < -0.3 is 0 Å². The lowest BCUT2D eigenvalue weighted by Gasteiger charge is -2.28. The molecule has 0 atom stereocenters. The number of benzene rings is 2. The minimum atomic E-state index is 0.186. The molecule has 108 valence electrons. The molecular weight excluding hydrogens is 282 g/mol. The van der Waals surface area contributed by atoms with Crippen LogP contribution in [0.4, 0.5) is 0 Å². The molecule has 1 heterocycles. The highest BCUT2D eigenvalue weighted by Crippen LogP contribution is 2.19.